The fourth-order valence-electron chi connectivity index (χ4n) is 2.48. The number of piperidine rings is 2. The van der Waals surface area contributed by atoms with E-state index in [2.05, 4.69) is 12.2 Å². The molecule has 0 aromatic rings. The quantitative estimate of drug-likeness (QED) is 0.715. The van der Waals surface area contributed by atoms with Crippen molar-refractivity contribution in [3.63, 3.8) is 0 Å². The topological polar surface area (TPSA) is 49.4 Å². The molecular formula is C12H20N2O2. The number of carbonyl (C=O) groups is 2. The van der Waals surface area contributed by atoms with Crippen molar-refractivity contribution in [2.45, 2.75) is 32.6 Å². The number of carbonyl (C=O) groups excluding carboxylic acids is 2. The lowest BCUT2D eigenvalue weighted by molar-refractivity contribution is -0.141. The van der Waals surface area contributed by atoms with E-state index in [4.69, 9.17) is 0 Å². The molecule has 0 bridgehead atoms. The first-order valence-corrected chi connectivity index (χ1v) is 6.22. The summed E-state index contributed by atoms with van der Waals surface area (Å²) in [6, 6.07) is 0. The van der Waals surface area contributed by atoms with Crippen molar-refractivity contribution in [2.24, 2.45) is 11.8 Å². The van der Waals surface area contributed by atoms with Crippen LogP contribution in [0.2, 0.25) is 0 Å². The van der Waals surface area contributed by atoms with Crippen molar-refractivity contribution < 1.29 is 9.59 Å². The Morgan fingerprint density at radius 2 is 2.00 bits per heavy atom. The maximum Gasteiger partial charge on any atom is 0.226 e. The third-order valence-electron chi connectivity index (χ3n) is 3.69. The highest BCUT2D eigenvalue weighted by Crippen LogP contribution is 2.21. The Hall–Kier alpha value is -1.06. The van der Waals surface area contributed by atoms with Gasteiger partial charge in [-0.3, -0.25) is 9.59 Å². The molecular weight excluding hydrogens is 204 g/mol. The standard InChI is InChI=1S/C12H20N2O2/c1-9-3-6-14(7-4-9)12(16)10-2-5-13-11(15)8-10/h9-10H,2-8H2,1H3,(H,13,15). The second-order valence-electron chi connectivity index (χ2n) is 5.05. The van der Waals surface area contributed by atoms with E-state index in [-0.39, 0.29) is 17.7 Å². The van der Waals surface area contributed by atoms with Gasteiger partial charge >= 0.3 is 0 Å². The molecule has 2 aliphatic heterocycles. The van der Waals surface area contributed by atoms with Crippen LogP contribution >= 0.6 is 0 Å². The third kappa shape index (κ3) is 2.54. The minimum Gasteiger partial charge on any atom is -0.356 e. The molecule has 2 heterocycles. The summed E-state index contributed by atoms with van der Waals surface area (Å²) in [5.74, 6) is 0.887. The van der Waals surface area contributed by atoms with Gasteiger partial charge in [-0.1, -0.05) is 6.92 Å². The lowest BCUT2D eigenvalue weighted by Gasteiger charge is -2.34. The molecule has 0 aromatic heterocycles. The smallest absolute Gasteiger partial charge is 0.226 e. The van der Waals surface area contributed by atoms with Crippen LogP contribution in [-0.2, 0) is 9.59 Å². The Morgan fingerprint density at radius 1 is 1.31 bits per heavy atom. The lowest BCUT2D eigenvalue weighted by Crippen LogP contribution is -2.45. The Morgan fingerprint density at radius 3 is 2.62 bits per heavy atom. The number of amides is 2. The van der Waals surface area contributed by atoms with E-state index in [9.17, 15) is 9.59 Å². The van der Waals surface area contributed by atoms with Gasteiger partial charge in [-0.15, -0.1) is 0 Å². The van der Waals surface area contributed by atoms with Crippen LogP contribution in [-0.4, -0.2) is 36.3 Å². The molecule has 4 nitrogen and oxygen atoms in total. The van der Waals surface area contributed by atoms with Gasteiger partial charge in [0.05, 0.1) is 0 Å². The molecule has 1 N–H and O–H groups in total. The number of hydrogen-bond donors (Lipinski definition) is 1. The molecule has 0 radical (unpaired) electrons. The fraction of sp³-hybridized carbons (Fsp3) is 0.833. The molecule has 0 aromatic carbocycles. The highest BCUT2D eigenvalue weighted by Gasteiger charge is 2.30. The van der Waals surface area contributed by atoms with Crippen molar-refractivity contribution in [1.82, 2.24) is 10.2 Å². The molecule has 0 spiro atoms. The van der Waals surface area contributed by atoms with Crippen LogP contribution in [0, 0.1) is 11.8 Å². The van der Waals surface area contributed by atoms with E-state index in [0.717, 1.165) is 38.3 Å². The monoisotopic (exact) mass is 224 g/mol. The van der Waals surface area contributed by atoms with Gasteiger partial charge in [0, 0.05) is 32.0 Å². The van der Waals surface area contributed by atoms with Crippen LogP contribution < -0.4 is 5.32 Å². The van der Waals surface area contributed by atoms with Gasteiger partial charge in [-0.25, -0.2) is 0 Å². The summed E-state index contributed by atoms with van der Waals surface area (Å²) < 4.78 is 0. The molecule has 16 heavy (non-hydrogen) atoms. The first-order chi connectivity index (χ1) is 7.66. The summed E-state index contributed by atoms with van der Waals surface area (Å²) in [5, 5.41) is 2.77. The Bertz CT molecular complexity index is 283. The highest BCUT2D eigenvalue weighted by molar-refractivity contribution is 5.86. The Labute approximate surface area is 96.4 Å². The molecule has 2 aliphatic rings. The van der Waals surface area contributed by atoms with Gasteiger partial charge in [-0.2, -0.15) is 0 Å². The Kier molecular flexibility index (Phi) is 3.46. The van der Waals surface area contributed by atoms with Crippen molar-refractivity contribution in [3.8, 4) is 0 Å². The fourth-order valence-corrected chi connectivity index (χ4v) is 2.48. The zero-order valence-electron chi connectivity index (χ0n) is 9.87. The lowest BCUT2D eigenvalue weighted by atomic mass is 9.93. The van der Waals surface area contributed by atoms with Crippen LogP contribution in [0.3, 0.4) is 0 Å². The number of likely N-dealkylation sites (tertiary alicyclic amines) is 1. The van der Waals surface area contributed by atoms with Gasteiger partial charge in [0.25, 0.3) is 0 Å². The summed E-state index contributed by atoms with van der Waals surface area (Å²) in [4.78, 5) is 25.3. The minimum absolute atomic E-state index is 0.0231. The maximum atomic E-state index is 12.2. The van der Waals surface area contributed by atoms with Gasteiger partial charge in [0.2, 0.25) is 11.8 Å². The molecule has 90 valence electrons. The van der Waals surface area contributed by atoms with Gasteiger partial charge in [0.1, 0.15) is 0 Å². The molecule has 2 rings (SSSR count). The van der Waals surface area contributed by atoms with Gasteiger partial charge in [0.15, 0.2) is 0 Å². The van der Waals surface area contributed by atoms with E-state index < -0.39 is 0 Å². The second kappa shape index (κ2) is 4.85. The summed E-state index contributed by atoms with van der Waals surface area (Å²) >= 11 is 0. The van der Waals surface area contributed by atoms with E-state index in [1.54, 1.807) is 0 Å². The number of nitrogens with zero attached hydrogens (tertiary/aromatic N) is 1. The molecule has 2 fully saturated rings. The van der Waals surface area contributed by atoms with E-state index in [0.29, 0.717) is 13.0 Å². The molecule has 4 heteroatoms. The predicted octanol–water partition coefficient (Wildman–Crippen LogP) is 0.771. The van der Waals surface area contributed by atoms with Crippen molar-refractivity contribution in [3.05, 3.63) is 0 Å². The molecule has 0 saturated carbocycles. The molecule has 2 saturated heterocycles. The number of rotatable bonds is 1. The Balaban J connectivity index is 1.89. The zero-order valence-corrected chi connectivity index (χ0v) is 9.87. The minimum atomic E-state index is -0.0674. The number of hydrogen-bond acceptors (Lipinski definition) is 2. The summed E-state index contributed by atoms with van der Waals surface area (Å²) in [5.41, 5.74) is 0. The van der Waals surface area contributed by atoms with Crippen molar-refractivity contribution in [2.75, 3.05) is 19.6 Å². The third-order valence-corrected chi connectivity index (χ3v) is 3.69. The van der Waals surface area contributed by atoms with Crippen LogP contribution in [0.1, 0.15) is 32.6 Å². The summed E-state index contributed by atoms with van der Waals surface area (Å²) in [7, 11) is 0. The molecule has 0 aliphatic carbocycles. The van der Waals surface area contributed by atoms with Crippen molar-refractivity contribution in [1.29, 1.82) is 0 Å². The largest absolute Gasteiger partial charge is 0.356 e. The normalized spacial score (nSPS) is 27.7. The van der Waals surface area contributed by atoms with Crippen LogP contribution in [0.4, 0.5) is 0 Å². The van der Waals surface area contributed by atoms with E-state index >= 15 is 0 Å². The molecule has 1 unspecified atom stereocenters. The summed E-state index contributed by atoms with van der Waals surface area (Å²) in [6.07, 6.45) is 3.39. The average Bonchev–Trinajstić information content (AvgIpc) is 2.29. The molecule has 2 amide bonds. The zero-order chi connectivity index (χ0) is 11.5. The van der Waals surface area contributed by atoms with Gasteiger partial charge < -0.3 is 10.2 Å². The first kappa shape index (κ1) is 11.4. The van der Waals surface area contributed by atoms with Crippen LogP contribution in [0.25, 0.3) is 0 Å². The highest BCUT2D eigenvalue weighted by atomic mass is 16.2. The second-order valence-corrected chi connectivity index (χ2v) is 5.05. The van der Waals surface area contributed by atoms with E-state index in [1.165, 1.54) is 0 Å². The van der Waals surface area contributed by atoms with E-state index in [1.807, 2.05) is 4.90 Å². The summed E-state index contributed by atoms with van der Waals surface area (Å²) in [6.45, 7) is 4.63. The first-order valence-electron chi connectivity index (χ1n) is 6.22. The van der Waals surface area contributed by atoms with Crippen molar-refractivity contribution >= 4 is 11.8 Å². The molecule has 1 atom stereocenters. The maximum absolute atomic E-state index is 12.2. The van der Waals surface area contributed by atoms with Crippen LogP contribution in [0.15, 0.2) is 0 Å². The number of nitrogens with one attached hydrogen (secondary N) is 1. The average molecular weight is 224 g/mol. The predicted molar refractivity (Wildman–Crippen MR) is 60.7 cm³/mol. The SMILES string of the molecule is CC1CCN(C(=O)C2CCNC(=O)C2)CC1. The van der Waals surface area contributed by atoms with Gasteiger partial charge in [-0.05, 0) is 25.2 Å². The van der Waals surface area contributed by atoms with Crippen LogP contribution in [0.5, 0.6) is 0 Å².